The highest BCUT2D eigenvalue weighted by Gasteiger charge is 2.12. The number of aromatic nitrogens is 1. The van der Waals surface area contributed by atoms with Gasteiger partial charge in [-0.3, -0.25) is 4.79 Å². The number of fused-ring (bicyclic) bond motifs is 1. The zero-order valence-corrected chi connectivity index (χ0v) is 16.1. The lowest BCUT2D eigenvalue weighted by Crippen LogP contribution is -2.27. The fourth-order valence-corrected chi connectivity index (χ4v) is 3.19. The molecule has 0 radical (unpaired) electrons. The summed E-state index contributed by atoms with van der Waals surface area (Å²) in [6.07, 6.45) is 3.64. The number of para-hydroxylation sites is 1. The molecule has 0 saturated heterocycles. The normalized spacial score (nSPS) is 11.4. The molecule has 142 valence electrons. The predicted molar refractivity (Wildman–Crippen MR) is 111 cm³/mol. The van der Waals surface area contributed by atoms with Crippen molar-refractivity contribution in [3.8, 4) is 6.07 Å². The fraction of sp³-hybridized carbons (Fsp3) is 0.217. The highest BCUT2D eigenvalue weighted by atomic mass is 16.5. The maximum Gasteiger partial charge on any atom is 0.262 e. The van der Waals surface area contributed by atoms with Gasteiger partial charge in [0, 0.05) is 42.9 Å². The van der Waals surface area contributed by atoms with Gasteiger partial charge in [-0.15, -0.1) is 0 Å². The van der Waals surface area contributed by atoms with Crippen LogP contribution < -0.4 is 5.32 Å². The summed E-state index contributed by atoms with van der Waals surface area (Å²) in [4.78, 5) is 12.3. The molecule has 0 atom stereocenters. The first kappa shape index (κ1) is 19.4. The second-order valence-electron chi connectivity index (χ2n) is 6.64. The van der Waals surface area contributed by atoms with Gasteiger partial charge in [-0.05, 0) is 24.6 Å². The van der Waals surface area contributed by atoms with Crippen LogP contribution in [-0.4, -0.2) is 30.7 Å². The molecule has 3 aromatic rings. The lowest BCUT2D eigenvalue weighted by molar-refractivity contribution is -0.117. The Labute approximate surface area is 164 Å². The van der Waals surface area contributed by atoms with Gasteiger partial charge in [0.15, 0.2) is 0 Å². The Kier molecular flexibility index (Phi) is 6.25. The van der Waals surface area contributed by atoms with E-state index < -0.39 is 5.91 Å². The number of carbonyl (C=O) groups excluding carboxylic acids is 1. The number of methoxy groups -OCH3 is 1. The molecule has 0 spiro atoms. The van der Waals surface area contributed by atoms with E-state index in [0.29, 0.717) is 13.2 Å². The highest BCUT2D eigenvalue weighted by molar-refractivity contribution is 6.04. The van der Waals surface area contributed by atoms with Crippen molar-refractivity contribution >= 4 is 22.9 Å². The second-order valence-corrected chi connectivity index (χ2v) is 6.64. The van der Waals surface area contributed by atoms with Gasteiger partial charge in [0.1, 0.15) is 11.6 Å². The van der Waals surface area contributed by atoms with Crippen LogP contribution >= 0.6 is 0 Å². The minimum atomic E-state index is -0.393. The van der Waals surface area contributed by atoms with Gasteiger partial charge >= 0.3 is 0 Å². The van der Waals surface area contributed by atoms with E-state index >= 15 is 0 Å². The van der Waals surface area contributed by atoms with E-state index in [4.69, 9.17) is 4.74 Å². The zero-order chi connectivity index (χ0) is 19.9. The van der Waals surface area contributed by atoms with E-state index in [-0.39, 0.29) is 5.57 Å². The lowest BCUT2D eigenvalue weighted by atomic mass is 10.1. The third-order valence-electron chi connectivity index (χ3n) is 4.51. The molecule has 0 bridgehead atoms. The molecule has 1 amide bonds. The quantitative estimate of drug-likeness (QED) is 0.390. The molecule has 1 heterocycles. The van der Waals surface area contributed by atoms with Crippen LogP contribution in [0.25, 0.3) is 17.0 Å². The Morgan fingerprint density at radius 2 is 2.07 bits per heavy atom. The third kappa shape index (κ3) is 4.48. The van der Waals surface area contributed by atoms with Crippen molar-refractivity contribution in [1.82, 2.24) is 9.88 Å². The molecule has 5 heteroatoms. The Hall–Kier alpha value is -3.36. The number of hydrogen-bond acceptors (Lipinski definition) is 3. The number of nitrogens with zero attached hydrogens (tertiary/aromatic N) is 2. The Bertz CT molecular complexity index is 1060. The van der Waals surface area contributed by atoms with Crippen molar-refractivity contribution in [2.45, 2.75) is 13.5 Å². The van der Waals surface area contributed by atoms with E-state index in [2.05, 4.69) is 41.1 Å². The van der Waals surface area contributed by atoms with Crippen LogP contribution in [0, 0.1) is 18.3 Å². The van der Waals surface area contributed by atoms with E-state index in [0.717, 1.165) is 23.0 Å². The molecule has 0 saturated carbocycles. The standard InChI is InChI=1S/C23H23N3O2/c1-17-6-5-7-18(12-17)15-26-16-20(21-8-3-4-9-22(21)26)13-19(14-24)23(27)25-10-11-28-2/h3-9,12-13,16H,10-11,15H2,1-2H3,(H,25,27)/b19-13+. The number of hydrogen-bond donors (Lipinski definition) is 1. The lowest BCUT2D eigenvalue weighted by Gasteiger charge is -2.06. The summed E-state index contributed by atoms with van der Waals surface area (Å²) >= 11 is 0. The Morgan fingerprint density at radius 1 is 1.25 bits per heavy atom. The molecule has 0 fully saturated rings. The van der Waals surface area contributed by atoms with E-state index in [1.807, 2.05) is 36.5 Å². The van der Waals surface area contributed by atoms with Crippen LogP contribution in [0.5, 0.6) is 0 Å². The van der Waals surface area contributed by atoms with Crippen molar-refractivity contribution < 1.29 is 9.53 Å². The van der Waals surface area contributed by atoms with Crippen LogP contribution in [0.1, 0.15) is 16.7 Å². The largest absolute Gasteiger partial charge is 0.383 e. The molecule has 3 rings (SSSR count). The summed E-state index contributed by atoms with van der Waals surface area (Å²) in [6.45, 7) is 3.56. The maximum absolute atomic E-state index is 12.3. The summed E-state index contributed by atoms with van der Waals surface area (Å²) in [5, 5.41) is 13.1. The molecule has 0 aliphatic rings. The minimum Gasteiger partial charge on any atom is -0.383 e. The van der Waals surface area contributed by atoms with Crippen molar-refractivity contribution in [3.05, 3.63) is 77.0 Å². The molecule has 0 aliphatic carbocycles. The number of carbonyl (C=O) groups is 1. The Morgan fingerprint density at radius 3 is 2.82 bits per heavy atom. The first-order valence-corrected chi connectivity index (χ1v) is 9.14. The van der Waals surface area contributed by atoms with Gasteiger partial charge in [0.2, 0.25) is 0 Å². The summed E-state index contributed by atoms with van der Waals surface area (Å²) in [7, 11) is 1.57. The van der Waals surface area contributed by atoms with Gasteiger partial charge in [-0.2, -0.15) is 5.26 Å². The van der Waals surface area contributed by atoms with Crippen LogP contribution in [0.2, 0.25) is 0 Å². The number of benzene rings is 2. The average molecular weight is 373 g/mol. The van der Waals surface area contributed by atoms with Crippen LogP contribution in [0.4, 0.5) is 0 Å². The van der Waals surface area contributed by atoms with E-state index in [1.54, 1.807) is 13.2 Å². The van der Waals surface area contributed by atoms with Gasteiger partial charge in [0.25, 0.3) is 5.91 Å². The molecule has 1 aromatic heterocycles. The number of rotatable bonds is 7. The summed E-state index contributed by atoms with van der Waals surface area (Å²) in [5.74, 6) is -0.393. The highest BCUT2D eigenvalue weighted by Crippen LogP contribution is 2.24. The molecule has 28 heavy (non-hydrogen) atoms. The molecule has 2 aromatic carbocycles. The topological polar surface area (TPSA) is 67.0 Å². The third-order valence-corrected chi connectivity index (χ3v) is 4.51. The van der Waals surface area contributed by atoms with Crippen molar-refractivity contribution in [2.24, 2.45) is 0 Å². The van der Waals surface area contributed by atoms with Crippen LogP contribution in [0.3, 0.4) is 0 Å². The molecule has 0 unspecified atom stereocenters. The smallest absolute Gasteiger partial charge is 0.262 e. The van der Waals surface area contributed by atoms with Gasteiger partial charge < -0.3 is 14.6 Å². The summed E-state index contributed by atoms with van der Waals surface area (Å²) in [5.41, 5.74) is 4.41. The SMILES string of the molecule is COCCNC(=O)/C(C#N)=C/c1cn(Cc2cccc(C)c2)c2ccccc12. The van der Waals surface area contributed by atoms with Crippen molar-refractivity contribution in [1.29, 1.82) is 5.26 Å². The molecule has 5 nitrogen and oxygen atoms in total. The Balaban J connectivity index is 1.95. The number of amides is 1. The molecule has 0 aliphatic heterocycles. The number of nitriles is 1. The first-order chi connectivity index (χ1) is 13.6. The van der Waals surface area contributed by atoms with Crippen LogP contribution in [0.15, 0.2) is 60.3 Å². The first-order valence-electron chi connectivity index (χ1n) is 9.14. The molecular weight excluding hydrogens is 350 g/mol. The van der Waals surface area contributed by atoms with Crippen LogP contribution in [-0.2, 0) is 16.1 Å². The van der Waals surface area contributed by atoms with Gasteiger partial charge in [-0.1, -0.05) is 48.0 Å². The summed E-state index contributed by atoms with van der Waals surface area (Å²) < 4.78 is 7.08. The monoisotopic (exact) mass is 373 g/mol. The van der Waals surface area contributed by atoms with E-state index in [9.17, 15) is 10.1 Å². The minimum absolute atomic E-state index is 0.0783. The predicted octanol–water partition coefficient (Wildman–Crippen LogP) is 3.67. The van der Waals surface area contributed by atoms with Gasteiger partial charge in [0.05, 0.1) is 6.61 Å². The van der Waals surface area contributed by atoms with E-state index in [1.165, 1.54) is 11.1 Å². The zero-order valence-electron chi connectivity index (χ0n) is 16.1. The number of aryl methyl sites for hydroxylation is 1. The average Bonchev–Trinajstić information content (AvgIpc) is 3.03. The van der Waals surface area contributed by atoms with Gasteiger partial charge in [-0.25, -0.2) is 0 Å². The van der Waals surface area contributed by atoms with Crippen molar-refractivity contribution in [2.75, 3.05) is 20.3 Å². The van der Waals surface area contributed by atoms with Crippen molar-refractivity contribution in [3.63, 3.8) is 0 Å². The molecular formula is C23H23N3O2. The molecule has 1 N–H and O–H groups in total. The second kappa shape index (κ2) is 9.03. The summed E-state index contributed by atoms with van der Waals surface area (Å²) in [6, 6.07) is 18.4. The number of ether oxygens (including phenoxy) is 1. The number of nitrogens with one attached hydrogen (secondary N) is 1. The fourth-order valence-electron chi connectivity index (χ4n) is 3.19. The maximum atomic E-state index is 12.3.